The molecule has 4 nitrogen and oxygen atoms in total. The molecule has 2 amide bonds. The van der Waals surface area contributed by atoms with Crippen LogP contribution in [0.1, 0.15) is 46.1 Å². The molecule has 122 valence electrons. The van der Waals surface area contributed by atoms with Gasteiger partial charge in [-0.1, -0.05) is 62.2 Å². The second-order valence-electron chi connectivity index (χ2n) is 5.94. The van der Waals surface area contributed by atoms with Crippen LogP contribution < -0.4 is 0 Å². The summed E-state index contributed by atoms with van der Waals surface area (Å²) < 4.78 is 5.76. The normalized spacial score (nSPS) is 14.2. The van der Waals surface area contributed by atoms with E-state index in [0.717, 1.165) is 10.0 Å². The number of hydrogen-bond acceptors (Lipinski definition) is 3. The molecule has 2 rings (SSSR count). The van der Waals surface area contributed by atoms with Gasteiger partial charge in [-0.3, -0.25) is 4.79 Å². The summed E-state index contributed by atoms with van der Waals surface area (Å²) in [4.78, 5) is 24.7. The van der Waals surface area contributed by atoms with Crippen molar-refractivity contribution in [3.8, 4) is 0 Å². The van der Waals surface area contributed by atoms with Crippen molar-refractivity contribution in [1.82, 2.24) is 4.90 Å². The average Bonchev–Trinajstić information content (AvgIpc) is 2.85. The van der Waals surface area contributed by atoms with E-state index in [-0.39, 0.29) is 17.7 Å². The summed E-state index contributed by atoms with van der Waals surface area (Å²) in [7, 11) is 0. The first-order chi connectivity index (χ1) is 10.3. The van der Waals surface area contributed by atoms with Gasteiger partial charge in [0.15, 0.2) is 0 Å². The van der Waals surface area contributed by atoms with Crippen LogP contribution in [0.25, 0.3) is 0 Å². The highest BCUT2D eigenvalue weighted by atomic mass is 79.9. The van der Waals surface area contributed by atoms with Crippen molar-refractivity contribution in [2.75, 3.05) is 13.2 Å². The molecule has 1 saturated heterocycles. The summed E-state index contributed by atoms with van der Waals surface area (Å²) in [5, 5.41) is 0. The van der Waals surface area contributed by atoms with Crippen LogP contribution >= 0.6 is 15.9 Å². The second kappa shape index (κ2) is 8.32. The van der Waals surface area contributed by atoms with Gasteiger partial charge in [0.1, 0.15) is 6.61 Å². The molecule has 1 aromatic carbocycles. The molecule has 0 aromatic heterocycles. The number of benzene rings is 1. The van der Waals surface area contributed by atoms with Crippen molar-refractivity contribution in [2.45, 2.75) is 46.0 Å². The lowest BCUT2D eigenvalue weighted by Crippen LogP contribution is -2.36. The second-order valence-corrected chi connectivity index (χ2v) is 6.85. The lowest BCUT2D eigenvalue weighted by molar-refractivity contribution is -0.128. The van der Waals surface area contributed by atoms with Gasteiger partial charge >= 0.3 is 6.09 Å². The van der Waals surface area contributed by atoms with E-state index >= 15 is 0 Å². The number of nitrogens with zero attached hydrogens (tertiary/aromatic N) is 1. The number of imide groups is 1. The topological polar surface area (TPSA) is 46.6 Å². The van der Waals surface area contributed by atoms with Crippen LogP contribution in [-0.4, -0.2) is 30.1 Å². The third kappa shape index (κ3) is 5.13. The van der Waals surface area contributed by atoms with Crippen molar-refractivity contribution in [3.63, 3.8) is 0 Å². The van der Waals surface area contributed by atoms with Crippen molar-refractivity contribution in [3.05, 3.63) is 34.3 Å². The fourth-order valence-corrected chi connectivity index (χ4v) is 2.50. The molecule has 0 bridgehead atoms. The number of cyclic esters (lactones) is 1. The van der Waals surface area contributed by atoms with E-state index in [1.807, 2.05) is 38.1 Å². The zero-order chi connectivity index (χ0) is 16.8. The molecule has 1 aliphatic heterocycles. The van der Waals surface area contributed by atoms with Crippen molar-refractivity contribution in [2.24, 2.45) is 0 Å². The van der Waals surface area contributed by atoms with Gasteiger partial charge in [0.2, 0.25) is 5.91 Å². The Hall–Kier alpha value is -1.36. The minimum atomic E-state index is -0.532. The smallest absolute Gasteiger partial charge is 0.416 e. The summed E-state index contributed by atoms with van der Waals surface area (Å²) in [6, 6.07) is 7.87. The molecule has 1 aliphatic rings. The highest BCUT2D eigenvalue weighted by Gasteiger charge is 2.33. The molecule has 0 spiro atoms. The fraction of sp³-hybridized carbons (Fsp3) is 0.529. The maximum Gasteiger partial charge on any atom is 0.416 e. The van der Waals surface area contributed by atoms with Crippen LogP contribution in [0.2, 0.25) is 0 Å². The Kier molecular flexibility index (Phi) is 7.07. The number of carbonyl (C=O) groups is 2. The van der Waals surface area contributed by atoms with Crippen LogP contribution in [0.5, 0.6) is 0 Å². The SMILES string of the molecule is CC(C)(CC(=O)N1CCOC1=O)c1cccc(Br)c1.CCC. The monoisotopic (exact) mass is 369 g/mol. The largest absolute Gasteiger partial charge is 0.447 e. The number of hydrogen-bond donors (Lipinski definition) is 0. The number of halogens is 1. The van der Waals surface area contributed by atoms with Crippen LogP contribution in [0.3, 0.4) is 0 Å². The molecule has 1 heterocycles. The zero-order valence-electron chi connectivity index (χ0n) is 13.7. The first kappa shape index (κ1) is 18.7. The third-order valence-corrected chi connectivity index (χ3v) is 3.75. The van der Waals surface area contributed by atoms with Gasteiger partial charge in [-0.15, -0.1) is 0 Å². The molecule has 1 fully saturated rings. The Labute approximate surface area is 141 Å². The van der Waals surface area contributed by atoms with E-state index in [4.69, 9.17) is 4.74 Å². The Morgan fingerprint density at radius 3 is 2.50 bits per heavy atom. The lowest BCUT2D eigenvalue weighted by Gasteiger charge is -2.26. The van der Waals surface area contributed by atoms with E-state index in [1.54, 1.807) is 0 Å². The maximum absolute atomic E-state index is 12.1. The van der Waals surface area contributed by atoms with Gasteiger partial charge in [-0.25, -0.2) is 9.69 Å². The lowest BCUT2D eigenvalue weighted by atomic mass is 9.81. The molecule has 22 heavy (non-hydrogen) atoms. The molecule has 0 saturated carbocycles. The Balaban J connectivity index is 0.000000745. The van der Waals surface area contributed by atoms with Crippen LogP contribution in [0.4, 0.5) is 4.79 Å². The molecule has 0 aliphatic carbocycles. The van der Waals surface area contributed by atoms with E-state index in [1.165, 1.54) is 11.3 Å². The number of rotatable bonds is 3. The predicted molar refractivity (Wildman–Crippen MR) is 90.8 cm³/mol. The fourth-order valence-electron chi connectivity index (χ4n) is 2.10. The molecule has 0 unspecified atom stereocenters. The van der Waals surface area contributed by atoms with Gasteiger partial charge in [-0.2, -0.15) is 0 Å². The Morgan fingerprint density at radius 1 is 1.36 bits per heavy atom. The van der Waals surface area contributed by atoms with Crippen LogP contribution in [0.15, 0.2) is 28.7 Å². The molecule has 1 aromatic rings. The zero-order valence-corrected chi connectivity index (χ0v) is 15.3. The number of ether oxygens (including phenoxy) is 1. The number of amides is 2. The maximum atomic E-state index is 12.1. The molecule has 0 radical (unpaired) electrons. The first-order valence-corrected chi connectivity index (χ1v) is 8.34. The molecular weight excluding hydrogens is 346 g/mol. The van der Waals surface area contributed by atoms with Crippen LogP contribution in [-0.2, 0) is 14.9 Å². The minimum absolute atomic E-state index is 0.188. The molecule has 5 heteroatoms. The predicted octanol–water partition coefficient (Wildman–Crippen LogP) is 4.51. The van der Waals surface area contributed by atoms with Crippen LogP contribution in [0, 0.1) is 0 Å². The van der Waals surface area contributed by atoms with Gasteiger partial charge in [0.25, 0.3) is 0 Å². The summed E-state index contributed by atoms with van der Waals surface area (Å²) in [5.74, 6) is -0.188. The molecule has 0 N–H and O–H groups in total. The molecular formula is C17H24BrNO3. The Bertz CT molecular complexity index is 528. The van der Waals surface area contributed by atoms with Gasteiger partial charge in [0, 0.05) is 10.9 Å². The van der Waals surface area contributed by atoms with Gasteiger partial charge in [0.05, 0.1) is 6.54 Å². The molecule has 0 atom stereocenters. The van der Waals surface area contributed by atoms with Crippen molar-refractivity contribution < 1.29 is 14.3 Å². The minimum Gasteiger partial charge on any atom is -0.447 e. The van der Waals surface area contributed by atoms with Gasteiger partial charge < -0.3 is 4.74 Å². The van der Waals surface area contributed by atoms with E-state index < -0.39 is 6.09 Å². The quantitative estimate of drug-likeness (QED) is 0.786. The standard InChI is InChI=1S/C14H16BrNO3.C3H8/c1-14(2,10-4-3-5-11(15)8-10)9-12(17)16-6-7-19-13(16)18;1-3-2/h3-5,8H,6-7,9H2,1-2H3;3H2,1-2H3. The Morgan fingerprint density at radius 2 is 2.00 bits per heavy atom. The van der Waals surface area contributed by atoms with E-state index in [0.29, 0.717) is 13.2 Å². The summed E-state index contributed by atoms with van der Waals surface area (Å²) in [5.41, 5.74) is 0.729. The van der Waals surface area contributed by atoms with E-state index in [2.05, 4.69) is 29.8 Å². The van der Waals surface area contributed by atoms with E-state index in [9.17, 15) is 9.59 Å². The highest BCUT2D eigenvalue weighted by molar-refractivity contribution is 9.10. The third-order valence-electron chi connectivity index (χ3n) is 3.26. The average molecular weight is 370 g/mol. The summed E-state index contributed by atoms with van der Waals surface area (Å²) >= 11 is 3.43. The van der Waals surface area contributed by atoms with Crippen molar-refractivity contribution in [1.29, 1.82) is 0 Å². The summed E-state index contributed by atoms with van der Waals surface area (Å²) in [6.07, 6.45) is 0.994. The van der Waals surface area contributed by atoms with Gasteiger partial charge in [-0.05, 0) is 23.1 Å². The summed E-state index contributed by atoms with van der Waals surface area (Å²) in [6.45, 7) is 8.89. The highest BCUT2D eigenvalue weighted by Crippen LogP contribution is 2.30. The van der Waals surface area contributed by atoms with Crippen molar-refractivity contribution >= 4 is 27.9 Å². The first-order valence-electron chi connectivity index (χ1n) is 7.55. The number of carbonyl (C=O) groups excluding carboxylic acids is 2.